The highest BCUT2D eigenvalue weighted by Gasteiger charge is 2.31. The molecule has 0 radical (unpaired) electrons. The Labute approximate surface area is 95.2 Å². The Balaban J connectivity index is 1.82. The number of likely N-dealkylation sites (tertiary alicyclic amines) is 1. The fourth-order valence-corrected chi connectivity index (χ4v) is 2.62. The van der Waals surface area contributed by atoms with Crippen molar-refractivity contribution in [1.29, 1.82) is 0 Å². The van der Waals surface area contributed by atoms with E-state index in [-0.39, 0.29) is 0 Å². The molecule has 0 aromatic carbocycles. The van der Waals surface area contributed by atoms with Gasteiger partial charge >= 0.3 is 0 Å². The lowest BCUT2D eigenvalue weighted by Crippen LogP contribution is -2.44. The van der Waals surface area contributed by atoms with Crippen LogP contribution in [-0.4, -0.2) is 37.1 Å². The predicted octanol–water partition coefficient (Wildman–Crippen LogP) is 1.99. The van der Waals surface area contributed by atoms with Gasteiger partial charge in [-0.2, -0.15) is 0 Å². The predicted molar refractivity (Wildman–Crippen MR) is 60.7 cm³/mol. The second-order valence-electron chi connectivity index (χ2n) is 4.15. The molecule has 0 aliphatic carbocycles. The summed E-state index contributed by atoms with van der Waals surface area (Å²) in [6.45, 7) is 4.43. The highest BCUT2D eigenvalue weighted by molar-refractivity contribution is 6.55. The van der Waals surface area contributed by atoms with Gasteiger partial charge in [0, 0.05) is 19.1 Å². The molecule has 2 nitrogen and oxygen atoms in total. The van der Waals surface area contributed by atoms with E-state index < -0.39 is 0 Å². The van der Waals surface area contributed by atoms with Crippen LogP contribution in [0.15, 0.2) is 10.6 Å². The maximum atomic E-state index is 5.60. The number of nitrogens with zero attached hydrogens (tertiary/aromatic N) is 1. The van der Waals surface area contributed by atoms with Crippen molar-refractivity contribution in [1.82, 2.24) is 10.2 Å². The summed E-state index contributed by atoms with van der Waals surface area (Å²) in [6, 6.07) is 0.765. The minimum atomic E-state index is 0.386. The lowest BCUT2D eigenvalue weighted by molar-refractivity contribution is 0.177. The summed E-state index contributed by atoms with van der Waals surface area (Å²) in [4.78, 5) is 2.43. The molecular weight excluding hydrogens is 219 g/mol. The molecule has 2 unspecified atom stereocenters. The minimum Gasteiger partial charge on any atom is -0.314 e. The number of piperidine rings is 1. The van der Waals surface area contributed by atoms with Crippen LogP contribution in [-0.2, 0) is 0 Å². The molecule has 2 fully saturated rings. The van der Waals surface area contributed by atoms with Crippen molar-refractivity contribution >= 4 is 23.2 Å². The largest absolute Gasteiger partial charge is 0.314 e. The molecule has 1 N–H and O–H groups in total. The zero-order chi connectivity index (χ0) is 9.97. The molecule has 4 heteroatoms. The van der Waals surface area contributed by atoms with Gasteiger partial charge < -0.3 is 5.32 Å². The Bertz CT molecular complexity index is 226. The quantitative estimate of drug-likeness (QED) is 0.787. The van der Waals surface area contributed by atoms with Crippen molar-refractivity contribution in [2.45, 2.75) is 18.9 Å². The normalized spacial score (nSPS) is 32.7. The highest BCUT2D eigenvalue weighted by atomic mass is 35.5. The molecule has 2 saturated heterocycles. The minimum absolute atomic E-state index is 0.386. The van der Waals surface area contributed by atoms with Gasteiger partial charge in [0.2, 0.25) is 0 Å². The summed E-state index contributed by atoms with van der Waals surface area (Å²) in [5, 5.41) is 3.55. The summed E-state index contributed by atoms with van der Waals surface area (Å²) in [7, 11) is 0. The van der Waals surface area contributed by atoms with Gasteiger partial charge in [-0.05, 0) is 37.9 Å². The SMILES string of the molecule is ClC(Cl)=CCN1CCC2NCCC2C1. The van der Waals surface area contributed by atoms with Crippen LogP contribution >= 0.6 is 23.2 Å². The number of rotatable bonds is 2. The van der Waals surface area contributed by atoms with Crippen molar-refractivity contribution in [3.05, 3.63) is 10.6 Å². The Morgan fingerprint density at radius 1 is 1.43 bits per heavy atom. The van der Waals surface area contributed by atoms with Crippen molar-refractivity contribution in [3.8, 4) is 0 Å². The maximum Gasteiger partial charge on any atom is 0.104 e. The summed E-state index contributed by atoms with van der Waals surface area (Å²) in [6.07, 6.45) is 4.46. The Morgan fingerprint density at radius 3 is 3.07 bits per heavy atom. The molecule has 2 atom stereocenters. The van der Waals surface area contributed by atoms with Gasteiger partial charge in [-0.3, -0.25) is 4.90 Å². The average molecular weight is 235 g/mol. The Hall–Kier alpha value is 0.240. The van der Waals surface area contributed by atoms with Gasteiger partial charge in [0.1, 0.15) is 4.49 Å². The van der Waals surface area contributed by atoms with Crippen LogP contribution in [0, 0.1) is 5.92 Å². The second kappa shape index (κ2) is 4.84. The van der Waals surface area contributed by atoms with Crippen LogP contribution in [0.1, 0.15) is 12.8 Å². The molecule has 0 saturated carbocycles. The van der Waals surface area contributed by atoms with Crippen molar-refractivity contribution in [2.24, 2.45) is 5.92 Å². The lowest BCUT2D eigenvalue weighted by Gasteiger charge is -2.34. The third kappa shape index (κ3) is 2.63. The van der Waals surface area contributed by atoms with Crippen LogP contribution in [0.25, 0.3) is 0 Å². The van der Waals surface area contributed by atoms with E-state index in [9.17, 15) is 0 Å². The van der Waals surface area contributed by atoms with E-state index in [2.05, 4.69) is 10.2 Å². The molecule has 2 heterocycles. The molecule has 80 valence electrons. The van der Waals surface area contributed by atoms with E-state index in [4.69, 9.17) is 23.2 Å². The molecule has 2 aliphatic rings. The molecule has 0 spiro atoms. The molecule has 14 heavy (non-hydrogen) atoms. The van der Waals surface area contributed by atoms with Gasteiger partial charge in [0.15, 0.2) is 0 Å². The molecule has 2 rings (SSSR count). The van der Waals surface area contributed by atoms with Crippen molar-refractivity contribution in [3.63, 3.8) is 0 Å². The fourth-order valence-electron chi connectivity index (χ4n) is 2.49. The van der Waals surface area contributed by atoms with E-state index in [1.54, 1.807) is 0 Å². The fraction of sp³-hybridized carbons (Fsp3) is 0.800. The Kier molecular flexibility index (Phi) is 3.72. The first-order valence-electron chi connectivity index (χ1n) is 5.22. The number of fused-ring (bicyclic) bond motifs is 1. The summed E-state index contributed by atoms with van der Waals surface area (Å²) >= 11 is 11.2. The summed E-state index contributed by atoms with van der Waals surface area (Å²) in [5.41, 5.74) is 0. The smallest absolute Gasteiger partial charge is 0.104 e. The van der Waals surface area contributed by atoms with Gasteiger partial charge in [0.25, 0.3) is 0 Å². The third-order valence-electron chi connectivity index (χ3n) is 3.24. The van der Waals surface area contributed by atoms with Crippen molar-refractivity contribution < 1.29 is 0 Å². The van der Waals surface area contributed by atoms with E-state index in [1.807, 2.05) is 6.08 Å². The molecular formula is C10H16Cl2N2. The summed E-state index contributed by atoms with van der Waals surface area (Å²) in [5.74, 6) is 0.839. The molecule has 2 aliphatic heterocycles. The summed E-state index contributed by atoms with van der Waals surface area (Å²) < 4.78 is 0.386. The highest BCUT2D eigenvalue weighted by Crippen LogP contribution is 2.24. The first-order chi connectivity index (χ1) is 6.75. The van der Waals surface area contributed by atoms with Gasteiger partial charge in [-0.15, -0.1) is 0 Å². The first kappa shape index (κ1) is 10.7. The number of halogens is 2. The lowest BCUT2D eigenvalue weighted by atomic mass is 9.93. The molecule has 0 aromatic rings. The number of nitrogens with one attached hydrogen (secondary N) is 1. The van der Waals surface area contributed by atoms with Crippen molar-refractivity contribution in [2.75, 3.05) is 26.2 Å². The molecule has 0 amide bonds. The van der Waals surface area contributed by atoms with Gasteiger partial charge in [-0.25, -0.2) is 0 Å². The van der Waals surface area contributed by atoms with E-state index >= 15 is 0 Å². The zero-order valence-electron chi connectivity index (χ0n) is 8.18. The van der Waals surface area contributed by atoms with E-state index in [1.165, 1.54) is 25.9 Å². The second-order valence-corrected chi connectivity index (χ2v) is 5.16. The zero-order valence-corrected chi connectivity index (χ0v) is 9.69. The van der Waals surface area contributed by atoms with Crippen LogP contribution in [0.5, 0.6) is 0 Å². The van der Waals surface area contributed by atoms with Gasteiger partial charge in [-0.1, -0.05) is 23.2 Å². The van der Waals surface area contributed by atoms with Crippen LogP contribution in [0.4, 0.5) is 0 Å². The van der Waals surface area contributed by atoms with Crippen LogP contribution < -0.4 is 5.32 Å². The maximum absolute atomic E-state index is 5.60. The average Bonchev–Trinajstić information content (AvgIpc) is 2.61. The molecule has 0 aromatic heterocycles. The van der Waals surface area contributed by atoms with Gasteiger partial charge in [0.05, 0.1) is 0 Å². The monoisotopic (exact) mass is 234 g/mol. The third-order valence-corrected chi connectivity index (χ3v) is 3.55. The first-order valence-corrected chi connectivity index (χ1v) is 5.98. The Morgan fingerprint density at radius 2 is 2.29 bits per heavy atom. The van der Waals surface area contributed by atoms with Crippen LogP contribution in [0.2, 0.25) is 0 Å². The van der Waals surface area contributed by atoms with E-state index in [0.29, 0.717) is 4.49 Å². The number of hydrogen-bond acceptors (Lipinski definition) is 2. The topological polar surface area (TPSA) is 15.3 Å². The standard InChI is InChI=1S/C10H16Cl2N2/c11-10(12)3-6-14-5-2-9-8(7-14)1-4-13-9/h3,8-9,13H,1-2,4-7H2. The molecule has 0 bridgehead atoms. The van der Waals surface area contributed by atoms with E-state index in [0.717, 1.165) is 25.0 Å². The number of hydrogen-bond donors (Lipinski definition) is 1. The van der Waals surface area contributed by atoms with Crippen LogP contribution in [0.3, 0.4) is 0 Å².